The average molecular weight is 396 g/mol. The van der Waals surface area contributed by atoms with Gasteiger partial charge in [0.2, 0.25) is 10.0 Å². The summed E-state index contributed by atoms with van der Waals surface area (Å²) in [6.45, 7) is 2.01. The van der Waals surface area contributed by atoms with Gasteiger partial charge in [0.25, 0.3) is 0 Å². The number of carboxylic acid groups (broad SMARTS) is 1. The van der Waals surface area contributed by atoms with Crippen molar-refractivity contribution in [3.05, 3.63) is 58.9 Å². The molecule has 0 amide bonds. The second kappa shape index (κ2) is 7.71. The number of benzene rings is 1. The highest BCUT2D eigenvalue weighted by atomic mass is 35.5. The summed E-state index contributed by atoms with van der Waals surface area (Å²) in [5.41, 5.74) is 0.646. The molecule has 1 aromatic heterocycles. The Morgan fingerprint density at radius 2 is 1.88 bits per heavy atom. The van der Waals surface area contributed by atoms with Crippen LogP contribution in [0.1, 0.15) is 16.1 Å². The molecule has 1 saturated heterocycles. The van der Waals surface area contributed by atoms with Gasteiger partial charge in [0.05, 0.1) is 16.2 Å². The first-order chi connectivity index (χ1) is 12.4. The van der Waals surface area contributed by atoms with E-state index in [4.69, 9.17) is 11.6 Å². The molecule has 7 nitrogen and oxygen atoms in total. The molecule has 2 aromatic rings. The van der Waals surface area contributed by atoms with E-state index in [0.717, 1.165) is 0 Å². The molecule has 0 atom stereocenters. The molecule has 2 heterocycles. The third-order valence-electron chi connectivity index (χ3n) is 4.26. The summed E-state index contributed by atoms with van der Waals surface area (Å²) < 4.78 is 26.8. The zero-order valence-corrected chi connectivity index (χ0v) is 15.4. The molecule has 9 heteroatoms. The lowest BCUT2D eigenvalue weighted by molar-refractivity contribution is 0.0693. The van der Waals surface area contributed by atoms with E-state index in [0.29, 0.717) is 43.4 Å². The molecule has 3 rings (SSSR count). The molecule has 26 heavy (non-hydrogen) atoms. The molecule has 0 unspecified atom stereocenters. The Kier molecular flexibility index (Phi) is 5.57. The van der Waals surface area contributed by atoms with E-state index < -0.39 is 16.0 Å². The van der Waals surface area contributed by atoms with Gasteiger partial charge in [-0.25, -0.2) is 13.2 Å². The zero-order chi connectivity index (χ0) is 18.7. The third-order valence-corrected chi connectivity index (χ3v) is 6.39. The van der Waals surface area contributed by atoms with E-state index in [1.165, 1.54) is 22.5 Å². The van der Waals surface area contributed by atoms with Gasteiger partial charge in [-0.05, 0) is 30.3 Å². The molecule has 0 radical (unpaired) electrons. The number of piperazine rings is 1. The Morgan fingerprint density at radius 1 is 1.15 bits per heavy atom. The van der Waals surface area contributed by atoms with Crippen molar-refractivity contribution in [1.29, 1.82) is 0 Å². The van der Waals surface area contributed by atoms with Gasteiger partial charge >= 0.3 is 5.97 Å². The van der Waals surface area contributed by atoms with Crippen LogP contribution in [0.15, 0.2) is 47.5 Å². The molecule has 1 aliphatic heterocycles. The molecule has 0 aliphatic carbocycles. The zero-order valence-electron chi connectivity index (χ0n) is 13.9. The lowest BCUT2D eigenvalue weighted by atomic mass is 10.2. The molecule has 1 N–H and O–H groups in total. The van der Waals surface area contributed by atoms with Gasteiger partial charge in [0, 0.05) is 43.9 Å². The van der Waals surface area contributed by atoms with Crippen LogP contribution in [-0.2, 0) is 16.6 Å². The highest BCUT2D eigenvalue weighted by Gasteiger charge is 2.29. The first-order valence-corrected chi connectivity index (χ1v) is 9.85. The van der Waals surface area contributed by atoms with Crippen molar-refractivity contribution in [3.63, 3.8) is 0 Å². The van der Waals surface area contributed by atoms with E-state index in [1.807, 2.05) is 4.90 Å². The molecular formula is C17H18ClN3O4S. The van der Waals surface area contributed by atoms with E-state index in [2.05, 4.69) is 4.98 Å². The summed E-state index contributed by atoms with van der Waals surface area (Å²) in [4.78, 5) is 17.6. The summed E-state index contributed by atoms with van der Waals surface area (Å²) in [6.07, 6.45) is 1.56. The van der Waals surface area contributed by atoms with Crippen molar-refractivity contribution in [2.45, 2.75) is 11.4 Å². The van der Waals surface area contributed by atoms with Gasteiger partial charge in [-0.2, -0.15) is 4.31 Å². The summed E-state index contributed by atoms with van der Waals surface area (Å²) in [5, 5.41) is 9.61. The van der Waals surface area contributed by atoms with Gasteiger partial charge in [-0.1, -0.05) is 17.7 Å². The molecule has 138 valence electrons. The van der Waals surface area contributed by atoms with Crippen molar-refractivity contribution >= 4 is 27.6 Å². The number of hydrogen-bond donors (Lipinski definition) is 1. The first kappa shape index (κ1) is 18.8. The number of aromatic carboxylic acids is 1. The Labute approximate surface area is 156 Å². The van der Waals surface area contributed by atoms with Crippen LogP contribution in [0.5, 0.6) is 0 Å². The Hall–Kier alpha value is -2.00. The molecule has 0 spiro atoms. The maximum atomic E-state index is 12.7. The largest absolute Gasteiger partial charge is 0.478 e. The van der Waals surface area contributed by atoms with E-state index >= 15 is 0 Å². The van der Waals surface area contributed by atoms with E-state index in [9.17, 15) is 18.3 Å². The average Bonchev–Trinajstić information content (AvgIpc) is 2.62. The third kappa shape index (κ3) is 4.04. The van der Waals surface area contributed by atoms with Gasteiger partial charge in [0.1, 0.15) is 0 Å². The lowest BCUT2D eigenvalue weighted by Gasteiger charge is -2.33. The predicted octanol–water partition coefficient (Wildman–Crippen LogP) is 1.94. The van der Waals surface area contributed by atoms with Crippen molar-refractivity contribution in [1.82, 2.24) is 14.2 Å². The normalized spacial score (nSPS) is 16.5. The Balaban J connectivity index is 1.67. The minimum Gasteiger partial charge on any atom is -0.478 e. The van der Waals surface area contributed by atoms with Crippen LogP contribution in [0.4, 0.5) is 0 Å². The van der Waals surface area contributed by atoms with Crippen LogP contribution in [0.25, 0.3) is 0 Å². The molecule has 0 bridgehead atoms. The van der Waals surface area contributed by atoms with Crippen molar-refractivity contribution in [3.8, 4) is 0 Å². The predicted molar refractivity (Wildman–Crippen MR) is 96.7 cm³/mol. The van der Waals surface area contributed by atoms with Gasteiger partial charge in [-0.15, -0.1) is 0 Å². The van der Waals surface area contributed by atoms with Crippen molar-refractivity contribution < 1.29 is 18.3 Å². The van der Waals surface area contributed by atoms with Crippen LogP contribution < -0.4 is 0 Å². The highest BCUT2D eigenvalue weighted by molar-refractivity contribution is 7.89. The van der Waals surface area contributed by atoms with Gasteiger partial charge in [-0.3, -0.25) is 9.88 Å². The quantitative estimate of drug-likeness (QED) is 0.831. The minimum absolute atomic E-state index is 0.168. The summed E-state index contributed by atoms with van der Waals surface area (Å²) in [6, 6.07) is 9.31. The number of hydrogen-bond acceptors (Lipinski definition) is 5. The Morgan fingerprint density at radius 3 is 2.54 bits per heavy atom. The number of carbonyl (C=O) groups is 1. The van der Waals surface area contributed by atoms with Crippen LogP contribution in [0, 0.1) is 0 Å². The molecule has 0 saturated carbocycles. The maximum absolute atomic E-state index is 12.7. The summed E-state index contributed by atoms with van der Waals surface area (Å²) in [7, 11) is -3.59. The van der Waals surface area contributed by atoms with Gasteiger partial charge in [0.15, 0.2) is 0 Å². The first-order valence-electron chi connectivity index (χ1n) is 8.03. The van der Waals surface area contributed by atoms with E-state index in [-0.39, 0.29) is 10.5 Å². The monoisotopic (exact) mass is 395 g/mol. The maximum Gasteiger partial charge on any atom is 0.337 e. The molecule has 1 aromatic carbocycles. The van der Waals surface area contributed by atoms with Crippen molar-refractivity contribution in [2.75, 3.05) is 26.2 Å². The lowest BCUT2D eigenvalue weighted by Crippen LogP contribution is -2.48. The topological polar surface area (TPSA) is 90.8 Å². The van der Waals surface area contributed by atoms with E-state index in [1.54, 1.807) is 24.4 Å². The molecule has 1 aliphatic rings. The van der Waals surface area contributed by atoms with Crippen LogP contribution in [-0.4, -0.2) is 59.9 Å². The SMILES string of the molecule is O=C(O)c1cccnc1CN1CCN(S(=O)(=O)c2cccc(Cl)c2)CC1. The summed E-state index contributed by atoms with van der Waals surface area (Å²) in [5.74, 6) is -1.02. The number of carboxylic acids is 1. The number of nitrogens with zero attached hydrogens (tertiary/aromatic N) is 3. The second-order valence-electron chi connectivity index (χ2n) is 5.94. The summed E-state index contributed by atoms with van der Waals surface area (Å²) >= 11 is 5.90. The fourth-order valence-electron chi connectivity index (χ4n) is 2.88. The highest BCUT2D eigenvalue weighted by Crippen LogP contribution is 2.21. The number of halogens is 1. The molecule has 1 fully saturated rings. The number of pyridine rings is 1. The number of rotatable bonds is 5. The fraction of sp³-hybridized carbons (Fsp3) is 0.294. The minimum atomic E-state index is -3.59. The Bertz CT molecular complexity index is 912. The number of aromatic nitrogens is 1. The van der Waals surface area contributed by atoms with Gasteiger partial charge < -0.3 is 5.11 Å². The fourth-order valence-corrected chi connectivity index (χ4v) is 4.60. The number of sulfonamides is 1. The van der Waals surface area contributed by atoms with Crippen LogP contribution in [0.3, 0.4) is 0 Å². The standard InChI is InChI=1S/C17H18ClN3O4S/c18-13-3-1-4-14(11-13)26(24,25)21-9-7-20(8-10-21)12-16-15(17(22)23)5-2-6-19-16/h1-6,11H,7-10,12H2,(H,22,23). The van der Waals surface area contributed by atoms with Crippen molar-refractivity contribution in [2.24, 2.45) is 0 Å². The van der Waals surface area contributed by atoms with Crippen LogP contribution in [0.2, 0.25) is 5.02 Å². The molecular weight excluding hydrogens is 378 g/mol. The second-order valence-corrected chi connectivity index (χ2v) is 8.31. The smallest absolute Gasteiger partial charge is 0.337 e. The van der Waals surface area contributed by atoms with Crippen LogP contribution >= 0.6 is 11.6 Å².